The van der Waals surface area contributed by atoms with Crippen LogP contribution in [0.5, 0.6) is 0 Å². The van der Waals surface area contributed by atoms with E-state index < -0.39 is 66.5 Å². The molecule has 49 heavy (non-hydrogen) atoms. The van der Waals surface area contributed by atoms with E-state index in [9.17, 15) is 6.85 Å². The Hall–Kier alpha value is -6.65. The Labute approximate surface area is 296 Å². The van der Waals surface area contributed by atoms with Crippen LogP contribution in [0, 0.1) is 0 Å². The Balaban J connectivity index is 1.42. The van der Waals surface area contributed by atoms with Gasteiger partial charge in [0.1, 0.15) is 16.7 Å². The van der Waals surface area contributed by atoms with Gasteiger partial charge in [0, 0.05) is 33.0 Å². The Morgan fingerprint density at radius 1 is 0.531 bits per heavy atom. The molecule has 0 radical (unpaired) electrons. The normalized spacial score (nSPS) is 15.5. The lowest BCUT2D eigenvalue weighted by Gasteiger charge is -2.13. The highest BCUT2D eigenvalue weighted by molar-refractivity contribution is 6.25. The molecule has 3 heterocycles. The number of benzene rings is 8. The van der Waals surface area contributed by atoms with Gasteiger partial charge >= 0.3 is 0 Å². The van der Waals surface area contributed by atoms with E-state index in [0.29, 0.717) is 33.2 Å². The van der Waals surface area contributed by atoms with Crippen LogP contribution in [0.25, 0.3) is 105 Å². The smallest absolute Gasteiger partial charge is 0.229 e. The van der Waals surface area contributed by atoms with Crippen molar-refractivity contribution in [2.45, 2.75) is 0 Å². The summed E-state index contributed by atoms with van der Waals surface area (Å²) in [4.78, 5) is 4.85. The number of hydrogen-bond donors (Lipinski definition) is 0. The van der Waals surface area contributed by atoms with Gasteiger partial charge in [-0.05, 0) is 63.6 Å². The van der Waals surface area contributed by atoms with E-state index in [0.717, 1.165) is 22.2 Å². The molecule has 0 unspecified atom stereocenters. The molecule has 0 amide bonds. The second kappa shape index (κ2) is 9.93. The van der Waals surface area contributed by atoms with Gasteiger partial charge in [0.15, 0.2) is 5.58 Å². The molecule has 0 bridgehead atoms. The van der Waals surface area contributed by atoms with Gasteiger partial charge < -0.3 is 13.4 Å². The maximum atomic E-state index is 9.67. The molecular formula is C45H26N2O2. The Morgan fingerprint density at radius 2 is 1.41 bits per heavy atom. The first-order valence-corrected chi connectivity index (χ1v) is 15.6. The fraction of sp³-hybridized carbons (Fsp3) is 0. The van der Waals surface area contributed by atoms with Gasteiger partial charge in [-0.25, -0.2) is 4.98 Å². The van der Waals surface area contributed by atoms with Crippen molar-refractivity contribution in [3.8, 4) is 28.3 Å². The van der Waals surface area contributed by atoms with Gasteiger partial charge in [0.05, 0.1) is 38.7 Å². The third kappa shape index (κ3) is 3.77. The number of nitrogens with zero attached hydrogens (tertiary/aromatic N) is 2. The van der Waals surface area contributed by atoms with Crippen LogP contribution in [0.4, 0.5) is 0 Å². The molecule has 0 aliphatic rings. The van der Waals surface area contributed by atoms with Crippen LogP contribution in [-0.2, 0) is 0 Å². The van der Waals surface area contributed by atoms with Gasteiger partial charge in [-0.15, -0.1) is 0 Å². The fourth-order valence-corrected chi connectivity index (χ4v) is 7.03. The number of rotatable bonds is 3. The van der Waals surface area contributed by atoms with E-state index in [1.165, 1.54) is 10.6 Å². The van der Waals surface area contributed by atoms with E-state index in [1.807, 2.05) is 48.5 Å². The summed E-state index contributed by atoms with van der Waals surface area (Å²) in [6.45, 7) is 0. The molecule has 228 valence electrons. The first kappa shape index (κ1) is 17.5. The van der Waals surface area contributed by atoms with Crippen molar-refractivity contribution in [1.29, 1.82) is 0 Å². The zero-order valence-electron chi connectivity index (χ0n) is 37.3. The topological polar surface area (TPSA) is 44.1 Å². The van der Waals surface area contributed by atoms with Crippen LogP contribution >= 0.6 is 0 Å². The zero-order chi connectivity index (χ0) is 42.5. The van der Waals surface area contributed by atoms with Crippen molar-refractivity contribution in [2.24, 2.45) is 0 Å². The minimum Gasteiger partial charge on any atom is -0.455 e. The molecule has 4 heteroatoms. The van der Waals surface area contributed by atoms with Crippen LogP contribution in [-0.4, -0.2) is 9.55 Å². The van der Waals surface area contributed by atoms with Crippen molar-refractivity contribution >= 4 is 76.4 Å². The molecular weight excluding hydrogens is 601 g/mol. The molecule has 0 N–H and O–H groups in total. The number of para-hydroxylation sites is 2. The summed E-state index contributed by atoms with van der Waals surface area (Å²) < 4.78 is 122. The summed E-state index contributed by atoms with van der Waals surface area (Å²) in [6.07, 6.45) is 0. The lowest BCUT2D eigenvalue weighted by atomic mass is 9.97. The average molecular weight is 639 g/mol. The van der Waals surface area contributed by atoms with Crippen LogP contribution < -0.4 is 0 Å². The number of hydrogen-bond acceptors (Lipinski definition) is 3. The molecule has 4 nitrogen and oxygen atoms in total. The molecule has 0 atom stereocenters. The summed E-state index contributed by atoms with van der Waals surface area (Å²) in [6, 6.07) is 19.0. The largest absolute Gasteiger partial charge is 0.455 e. The maximum Gasteiger partial charge on any atom is 0.229 e. The van der Waals surface area contributed by atoms with E-state index >= 15 is 0 Å². The highest BCUT2D eigenvalue weighted by Crippen LogP contribution is 2.45. The van der Waals surface area contributed by atoms with Crippen LogP contribution in [0.15, 0.2) is 166 Å². The lowest BCUT2D eigenvalue weighted by molar-refractivity contribution is 0.619. The van der Waals surface area contributed by atoms with Gasteiger partial charge in [0.25, 0.3) is 0 Å². The van der Waals surface area contributed by atoms with Crippen molar-refractivity contribution in [3.63, 3.8) is 0 Å². The number of aromatic nitrogens is 2. The Morgan fingerprint density at radius 3 is 2.39 bits per heavy atom. The molecule has 3 aromatic heterocycles. The summed E-state index contributed by atoms with van der Waals surface area (Å²) in [5, 5.41) is 3.30. The summed E-state index contributed by atoms with van der Waals surface area (Å²) in [5.41, 5.74) is 2.20. The Bertz CT molecular complexity index is 3780. The fourth-order valence-electron chi connectivity index (χ4n) is 7.03. The van der Waals surface area contributed by atoms with Gasteiger partial charge in [-0.2, -0.15) is 0 Å². The van der Waals surface area contributed by atoms with Crippen molar-refractivity contribution < 1.29 is 25.3 Å². The highest BCUT2D eigenvalue weighted by atomic mass is 16.3. The standard InChI is InChI=1S/C45H26N2O2/c1-2-11-27(12-3-1)31-17-10-19-37-42(31)43-30-15-6-4-13-28(30)22-24-38(43)47(37)39-26-41-34(25-35(39)45-46-36-18-8-9-20-40(36)49-45)33-23-21-29-14-5-7-16-32(29)44(33)48-41/h1-26H/i1D,2D,3D,4D,6D,10D,11D,13D,17D,19D,22D,24D. The zero-order valence-corrected chi connectivity index (χ0v) is 25.3. The molecule has 0 fully saturated rings. The minimum absolute atomic E-state index is 0.0141. The summed E-state index contributed by atoms with van der Waals surface area (Å²) >= 11 is 0. The number of furan rings is 1. The van der Waals surface area contributed by atoms with E-state index in [1.54, 1.807) is 24.3 Å². The van der Waals surface area contributed by atoms with E-state index in [2.05, 4.69) is 0 Å². The predicted molar refractivity (Wildman–Crippen MR) is 202 cm³/mol. The second-order valence-electron chi connectivity index (χ2n) is 11.8. The Kier molecular flexibility index (Phi) is 3.54. The third-order valence-corrected chi connectivity index (χ3v) is 9.17. The number of oxazole rings is 1. The third-order valence-electron chi connectivity index (χ3n) is 9.17. The average Bonchev–Trinajstić information content (AvgIpc) is 3.96. The van der Waals surface area contributed by atoms with Crippen molar-refractivity contribution in [1.82, 2.24) is 9.55 Å². The van der Waals surface area contributed by atoms with Crippen molar-refractivity contribution in [2.75, 3.05) is 0 Å². The second-order valence-corrected chi connectivity index (χ2v) is 11.8. The monoisotopic (exact) mass is 638 g/mol. The molecule has 0 saturated carbocycles. The molecule has 8 aromatic carbocycles. The molecule has 11 rings (SSSR count). The van der Waals surface area contributed by atoms with Crippen LogP contribution in [0.2, 0.25) is 0 Å². The van der Waals surface area contributed by atoms with Crippen molar-refractivity contribution in [3.05, 3.63) is 157 Å². The molecule has 0 aliphatic carbocycles. The van der Waals surface area contributed by atoms with Gasteiger partial charge in [0.2, 0.25) is 5.89 Å². The first-order chi connectivity index (χ1) is 29.3. The SMILES string of the molecule is [2H]c1cc(-c2c([2H])c([2H])c([2H])c3c2c2c4cc([2H])c([2H])c([2H])c4c([2H])c([2H])c2n3-c2cc3oc4c5ccccc5ccc4c3cc2-c2nc3ccccc3o2)c([2H])c([2H])c1[2H]. The van der Waals surface area contributed by atoms with E-state index in [4.69, 9.17) is 23.4 Å². The molecule has 11 aromatic rings. The molecule has 0 aliphatic heterocycles. The van der Waals surface area contributed by atoms with Gasteiger partial charge in [-0.3, -0.25) is 0 Å². The summed E-state index contributed by atoms with van der Waals surface area (Å²) in [5.74, 6) is 0.148. The lowest BCUT2D eigenvalue weighted by Crippen LogP contribution is -1.98. The quantitative estimate of drug-likeness (QED) is 0.193. The molecule has 0 spiro atoms. The summed E-state index contributed by atoms with van der Waals surface area (Å²) in [7, 11) is 0. The predicted octanol–water partition coefficient (Wildman–Crippen LogP) is 12.5. The maximum absolute atomic E-state index is 9.67. The van der Waals surface area contributed by atoms with Crippen LogP contribution in [0.3, 0.4) is 0 Å². The molecule has 0 saturated heterocycles. The van der Waals surface area contributed by atoms with E-state index in [-0.39, 0.29) is 61.3 Å². The minimum atomic E-state index is -0.596. The highest BCUT2D eigenvalue weighted by Gasteiger charge is 2.24. The van der Waals surface area contributed by atoms with Crippen LogP contribution in [0.1, 0.15) is 16.4 Å². The number of fused-ring (bicyclic) bond motifs is 11. The first-order valence-electron chi connectivity index (χ1n) is 21.6. The van der Waals surface area contributed by atoms with Gasteiger partial charge in [-0.1, -0.05) is 115 Å².